The largest absolute Gasteiger partial charge is 0.493 e. The molecule has 1 fully saturated rings. The van der Waals surface area contributed by atoms with E-state index in [1.54, 1.807) is 0 Å². The van der Waals surface area contributed by atoms with Crippen molar-refractivity contribution in [2.24, 2.45) is 0 Å². The fraction of sp³-hybridized carbons (Fsp3) is 0.600. The molecule has 3 rings (SSSR count). The molecule has 0 aromatic heterocycles. The molecule has 3 heteroatoms. The van der Waals surface area contributed by atoms with Gasteiger partial charge in [-0.05, 0) is 18.4 Å². The van der Waals surface area contributed by atoms with E-state index in [9.17, 15) is 10.2 Å². The molecule has 1 aromatic carbocycles. The first-order valence-corrected chi connectivity index (χ1v) is 6.86. The number of para-hydroxylation sites is 1. The molecule has 0 amide bonds. The maximum Gasteiger partial charge on any atom is 0.128 e. The lowest BCUT2D eigenvalue weighted by Crippen LogP contribution is -2.38. The van der Waals surface area contributed by atoms with Crippen LogP contribution >= 0.6 is 0 Å². The van der Waals surface area contributed by atoms with Gasteiger partial charge in [-0.15, -0.1) is 0 Å². The summed E-state index contributed by atoms with van der Waals surface area (Å²) in [6.45, 7) is 0.678. The van der Waals surface area contributed by atoms with Crippen LogP contribution in [0, 0.1) is 0 Å². The van der Waals surface area contributed by atoms with Crippen molar-refractivity contribution in [3.05, 3.63) is 29.3 Å². The summed E-state index contributed by atoms with van der Waals surface area (Å²) in [5, 5.41) is 21.2. The quantitative estimate of drug-likeness (QED) is 0.844. The highest BCUT2D eigenvalue weighted by molar-refractivity contribution is 5.46. The molecule has 0 saturated heterocycles. The third-order valence-corrected chi connectivity index (χ3v) is 4.27. The highest BCUT2D eigenvalue weighted by atomic mass is 16.5. The Morgan fingerprint density at radius 2 is 1.94 bits per heavy atom. The molecule has 1 heterocycles. The Kier molecular flexibility index (Phi) is 3.04. The maximum absolute atomic E-state index is 10.6. The zero-order chi connectivity index (χ0) is 12.6. The van der Waals surface area contributed by atoms with Crippen molar-refractivity contribution in [1.29, 1.82) is 0 Å². The van der Waals surface area contributed by atoms with Crippen molar-refractivity contribution in [2.45, 2.75) is 50.2 Å². The van der Waals surface area contributed by atoms with Crippen LogP contribution < -0.4 is 4.74 Å². The molecule has 1 unspecified atom stereocenters. The lowest BCUT2D eigenvalue weighted by atomic mass is 9.78. The Morgan fingerprint density at radius 1 is 1.17 bits per heavy atom. The molecular weight excluding hydrogens is 228 g/mol. The van der Waals surface area contributed by atoms with Gasteiger partial charge in [0.25, 0.3) is 0 Å². The van der Waals surface area contributed by atoms with Gasteiger partial charge in [0, 0.05) is 12.0 Å². The van der Waals surface area contributed by atoms with E-state index in [0.717, 1.165) is 42.6 Å². The summed E-state index contributed by atoms with van der Waals surface area (Å²) in [6.07, 6.45) is 4.56. The van der Waals surface area contributed by atoms with Crippen molar-refractivity contribution < 1.29 is 14.9 Å². The van der Waals surface area contributed by atoms with Gasteiger partial charge in [-0.2, -0.15) is 0 Å². The molecule has 3 nitrogen and oxygen atoms in total. The average Bonchev–Trinajstić information content (AvgIpc) is 2.87. The van der Waals surface area contributed by atoms with E-state index < -0.39 is 11.7 Å². The fourth-order valence-corrected chi connectivity index (χ4v) is 3.18. The zero-order valence-corrected chi connectivity index (χ0v) is 10.6. The van der Waals surface area contributed by atoms with Crippen molar-refractivity contribution >= 4 is 0 Å². The third-order valence-electron chi connectivity index (χ3n) is 4.27. The van der Waals surface area contributed by atoms with Gasteiger partial charge in [0.2, 0.25) is 0 Å². The first kappa shape index (κ1) is 12.0. The van der Waals surface area contributed by atoms with Crippen LogP contribution in [0.1, 0.15) is 49.3 Å². The van der Waals surface area contributed by atoms with Gasteiger partial charge in [0.1, 0.15) is 11.9 Å². The van der Waals surface area contributed by atoms with Crippen LogP contribution in [0.15, 0.2) is 18.2 Å². The van der Waals surface area contributed by atoms with E-state index >= 15 is 0 Å². The van der Waals surface area contributed by atoms with Gasteiger partial charge < -0.3 is 14.9 Å². The van der Waals surface area contributed by atoms with Crippen molar-refractivity contribution in [2.75, 3.05) is 6.61 Å². The minimum absolute atomic E-state index is 0.678. The Labute approximate surface area is 107 Å². The van der Waals surface area contributed by atoms with Crippen LogP contribution in [0.4, 0.5) is 0 Å². The predicted octanol–water partition coefficient (Wildman–Crippen LogP) is 2.35. The molecule has 1 aliphatic carbocycles. The minimum Gasteiger partial charge on any atom is -0.493 e. The summed E-state index contributed by atoms with van der Waals surface area (Å²) >= 11 is 0. The van der Waals surface area contributed by atoms with E-state index in [1.807, 2.05) is 18.2 Å². The second kappa shape index (κ2) is 4.56. The van der Waals surface area contributed by atoms with Gasteiger partial charge >= 0.3 is 0 Å². The average molecular weight is 248 g/mol. The van der Waals surface area contributed by atoms with E-state index in [0.29, 0.717) is 19.4 Å². The van der Waals surface area contributed by atoms with E-state index in [-0.39, 0.29) is 0 Å². The molecule has 0 bridgehead atoms. The molecule has 0 spiro atoms. The second-order valence-corrected chi connectivity index (χ2v) is 5.50. The normalized spacial score (nSPS) is 23.2. The summed E-state index contributed by atoms with van der Waals surface area (Å²) in [5.74, 6) is 0.795. The van der Waals surface area contributed by atoms with Crippen LogP contribution in [0.5, 0.6) is 5.75 Å². The number of hydrogen-bond donors (Lipinski definition) is 2. The molecule has 98 valence electrons. The van der Waals surface area contributed by atoms with E-state index in [1.165, 1.54) is 0 Å². The van der Waals surface area contributed by atoms with Gasteiger partial charge in [0.05, 0.1) is 12.2 Å². The molecular formula is C15H20O3. The number of hydrogen-bond acceptors (Lipinski definition) is 3. The van der Waals surface area contributed by atoms with Crippen LogP contribution in [-0.4, -0.2) is 22.4 Å². The molecule has 1 aliphatic heterocycles. The smallest absolute Gasteiger partial charge is 0.128 e. The van der Waals surface area contributed by atoms with Crippen molar-refractivity contribution in [3.63, 3.8) is 0 Å². The van der Waals surface area contributed by atoms with Crippen LogP contribution in [0.25, 0.3) is 0 Å². The molecule has 2 aliphatic rings. The Morgan fingerprint density at radius 3 is 2.72 bits per heavy atom. The first-order chi connectivity index (χ1) is 8.71. The Bertz CT molecular complexity index is 435. The molecule has 18 heavy (non-hydrogen) atoms. The molecule has 1 aromatic rings. The predicted molar refractivity (Wildman–Crippen MR) is 68.6 cm³/mol. The highest BCUT2D eigenvalue weighted by Crippen LogP contribution is 2.43. The standard InChI is InChI=1S/C15H20O3/c16-14(15(17)8-2-1-3-9-15)12-6-4-5-11-7-10-18-13(11)12/h4-6,14,16-17H,1-3,7-10H2. The fourth-order valence-electron chi connectivity index (χ4n) is 3.18. The SMILES string of the molecule is OC(c1cccc2c1OCC2)C1(O)CCCCC1. The third kappa shape index (κ3) is 1.91. The van der Waals surface area contributed by atoms with Gasteiger partial charge in [-0.25, -0.2) is 0 Å². The number of aliphatic hydroxyl groups excluding tert-OH is 1. The van der Waals surface area contributed by atoms with Crippen LogP contribution in [-0.2, 0) is 6.42 Å². The number of benzene rings is 1. The molecule has 1 atom stereocenters. The minimum atomic E-state index is -0.973. The maximum atomic E-state index is 10.6. The molecule has 1 saturated carbocycles. The summed E-state index contributed by atoms with van der Waals surface area (Å²) < 4.78 is 5.62. The summed E-state index contributed by atoms with van der Waals surface area (Å²) in [7, 11) is 0. The second-order valence-electron chi connectivity index (χ2n) is 5.50. The number of ether oxygens (including phenoxy) is 1. The lowest BCUT2D eigenvalue weighted by Gasteiger charge is -2.36. The Balaban J connectivity index is 1.92. The monoisotopic (exact) mass is 248 g/mol. The highest BCUT2D eigenvalue weighted by Gasteiger charge is 2.39. The zero-order valence-electron chi connectivity index (χ0n) is 10.6. The van der Waals surface area contributed by atoms with Gasteiger partial charge in [-0.3, -0.25) is 0 Å². The lowest BCUT2D eigenvalue weighted by molar-refractivity contribution is -0.0998. The first-order valence-electron chi connectivity index (χ1n) is 6.86. The Hall–Kier alpha value is -1.06. The van der Waals surface area contributed by atoms with Crippen LogP contribution in [0.3, 0.4) is 0 Å². The summed E-state index contributed by atoms with van der Waals surface area (Å²) in [4.78, 5) is 0. The molecule has 0 radical (unpaired) electrons. The van der Waals surface area contributed by atoms with Crippen molar-refractivity contribution in [3.8, 4) is 5.75 Å². The summed E-state index contributed by atoms with van der Waals surface area (Å²) in [6, 6.07) is 5.85. The molecule has 2 N–H and O–H groups in total. The van der Waals surface area contributed by atoms with Crippen molar-refractivity contribution in [1.82, 2.24) is 0 Å². The number of aliphatic hydroxyl groups is 2. The number of fused-ring (bicyclic) bond motifs is 1. The summed E-state index contributed by atoms with van der Waals surface area (Å²) in [5.41, 5.74) is 0.930. The van der Waals surface area contributed by atoms with E-state index in [4.69, 9.17) is 4.74 Å². The van der Waals surface area contributed by atoms with Crippen LogP contribution in [0.2, 0.25) is 0 Å². The topological polar surface area (TPSA) is 49.7 Å². The van der Waals surface area contributed by atoms with E-state index in [2.05, 4.69) is 0 Å². The number of rotatable bonds is 2. The van der Waals surface area contributed by atoms with Gasteiger partial charge in [-0.1, -0.05) is 37.5 Å². The van der Waals surface area contributed by atoms with Gasteiger partial charge in [0.15, 0.2) is 0 Å².